The third kappa shape index (κ3) is 6.91. The Morgan fingerprint density at radius 3 is 2.40 bits per heavy atom. The van der Waals surface area contributed by atoms with E-state index in [1.807, 2.05) is 36.4 Å². The summed E-state index contributed by atoms with van der Waals surface area (Å²) in [6.07, 6.45) is 0. The van der Waals surface area contributed by atoms with Crippen molar-refractivity contribution in [2.45, 2.75) is 52.0 Å². The standard InChI is InChI=1S/C31H39N3O6/c1-5-39-29(37)19-32(4)31(38)25-10-6-8-23(14-25)30(24-9-7-11-26(36)15-24)34-17-21(2)33(16-22(34)3)18-27-12-13-28(20-35)40-27/h6-15,21-22,30,35-36H,5,16-20H2,1-4H3/t21-,22-,30?/m1/s1. The van der Waals surface area contributed by atoms with Gasteiger partial charge in [-0.1, -0.05) is 24.3 Å². The molecule has 214 valence electrons. The third-order valence-electron chi connectivity index (χ3n) is 7.38. The van der Waals surface area contributed by atoms with E-state index < -0.39 is 5.97 Å². The maximum atomic E-state index is 13.2. The molecule has 9 nitrogen and oxygen atoms in total. The number of likely N-dealkylation sites (N-methyl/N-ethyl adjacent to an activating group) is 1. The van der Waals surface area contributed by atoms with E-state index >= 15 is 0 Å². The first kappa shape index (κ1) is 29.3. The maximum absolute atomic E-state index is 13.2. The summed E-state index contributed by atoms with van der Waals surface area (Å²) in [4.78, 5) is 31.3. The molecule has 0 radical (unpaired) electrons. The van der Waals surface area contributed by atoms with Crippen molar-refractivity contribution in [3.63, 3.8) is 0 Å². The van der Waals surface area contributed by atoms with Crippen LogP contribution in [0, 0.1) is 0 Å². The lowest BCUT2D eigenvalue weighted by Crippen LogP contribution is -2.56. The fraction of sp³-hybridized carbons (Fsp3) is 0.419. The lowest BCUT2D eigenvalue weighted by atomic mass is 9.92. The average Bonchev–Trinajstić information content (AvgIpc) is 3.39. The molecule has 1 aliphatic rings. The zero-order valence-corrected chi connectivity index (χ0v) is 23.6. The predicted octanol–water partition coefficient (Wildman–Crippen LogP) is 3.80. The van der Waals surface area contributed by atoms with E-state index in [2.05, 4.69) is 23.6 Å². The van der Waals surface area contributed by atoms with Crippen LogP contribution in [0.15, 0.2) is 65.1 Å². The number of carbonyl (C=O) groups excluding carboxylic acids is 2. The number of phenols is 1. The molecule has 1 unspecified atom stereocenters. The van der Waals surface area contributed by atoms with Crippen LogP contribution in [0.4, 0.5) is 0 Å². The van der Waals surface area contributed by atoms with Crippen LogP contribution in [0.5, 0.6) is 5.75 Å². The van der Waals surface area contributed by atoms with Crippen molar-refractivity contribution in [1.82, 2.24) is 14.7 Å². The number of aromatic hydroxyl groups is 1. The average molecular weight is 550 g/mol. The van der Waals surface area contributed by atoms with Crippen LogP contribution in [-0.2, 0) is 22.7 Å². The molecule has 1 amide bonds. The minimum Gasteiger partial charge on any atom is -0.508 e. The Morgan fingerprint density at radius 2 is 1.73 bits per heavy atom. The summed E-state index contributed by atoms with van der Waals surface area (Å²) in [5, 5.41) is 19.7. The molecule has 1 aliphatic heterocycles. The third-order valence-corrected chi connectivity index (χ3v) is 7.38. The smallest absolute Gasteiger partial charge is 0.325 e. The van der Waals surface area contributed by atoms with Crippen molar-refractivity contribution in [1.29, 1.82) is 0 Å². The van der Waals surface area contributed by atoms with Gasteiger partial charge in [0, 0.05) is 37.8 Å². The number of hydrogen-bond acceptors (Lipinski definition) is 8. The number of ether oxygens (including phenoxy) is 1. The Bertz CT molecular complexity index is 1310. The van der Waals surface area contributed by atoms with Crippen molar-refractivity contribution >= 4 is 11.9 Å². The molecule has 1 fully saturated rings. The maximum Gasteiger partial charge on any atom is 0.325 e. The highest BCUT2D eigenvalue weighted by Gasteiger charge is 2.35. The Morgan fingerprint density at radius 1 is 1.02 bits per heavy atom. The summed E-state index contributed by atoms with van der Waals surface area (Å²) in [5.74, 6) is 0.840. The molecule has 3 aromatic rings. The highest BCUT2D eigenvalue weighted by molar-refractivity contribution is 5.96. The molecule has 0 aliphatic carbocycles. The second-order valence-electron chi connectivity index (χ2n) is 10.4. The molecule has 0 bridgehead atoms. The van der Waals surface area contributed by atoms with Gasteiger partial charge in [-0.25, -0.2) is 0 Å². The minimum absolute atomic E-state index is 0.120. The molecule has 2 heterocycles. The number of nitrogens with zero attached hydrogens (tertiary/aromatic N) is 3. The molecule has 2 aromatic carbocycles. The van der Waals surface area contributed by atoms with Crippen LogP contribution in [0.3, 0.4) is 0 Å². The van der Waals surface area contributed by atoms with Gasteiger partial charge < -0.3 is 24.3 Å². The number of phenolic OH excluding ortho intramolecular Hbond substituents is 1. The second kappa shape index (κ2) is 13.1. The summed E-state index contributed by atoms with van der Waals surface area (Å²) in [7, 11) is 1.59. The van der Waals surface area contributed by atoms with E-state index in [0.717, 1.165) is 30.0 Å². The normalized spacial score (nSPS) is 18.8. The topological polar surface area (TPSA) is 107 Å². The zero-order chi connectivity index (χ0) is 28.8. The number of rotatable bonds is 10. The first-order chi connectivity index (χ1) is 19.2. The Labute approximate surface area is 235 Å². The van der Waals surface area contributed by atoms with Crippen LogP contribution in [0.25, 0.3) is 0 Å². The summed E-state index contributed by atoms with van der Waals surface area (Å²) in [6.45, 7) is 8.28. The largest absolute Gasteiger partial charge is 0.508 e. The van der Waals surface area contributed by atoms with Crippen LogP contribution in [0.1, 0.15) is 59.8 Å². The molecule has 4 rings (SSSR count). The van der Waals surface area contributed by atoms with Crippen LogP contribution >= 0.6 is 0 Å². The van der Waals surface area contributed by atoms with Gasteiger partial charge in [0.15, 0.2) is 0 Å². The summed E-state index contributed by atoms with van der Waals surface area (Å²) >= 11 is 0. The molecule has 2 N–H and O–H groups in total. The molecule has 0 spiro atoms. The molecule has 40 heavy (non-hydrogen) atoms. The lowest BCUT2D eigenvalue weighted by Gasteiger charge is -2.47. The summed E-state index contributed by atoms with van der Waals surface area (Å²) in [6, 6.07) is 18.6. The van der Waals surface area contributed by atoms with E-state index in [-0.39, 0.29) is 49.5 Å². The van der Waals surface area contributed by atoms with E-state index in [1.165, 1.54) is 4.90 Å². The monoisotopic (exact) mass is 549 g/mol. The fourth-order valence-corrected chi connectivity index (χ4v) is 5.40. The minimum atomic E-state index is -0.449. The molecular weight excluding hydrogens is 510 g/mol. The summed E-state index contributed by atoms with van der Waals surface area (Å²) < 4.78 is 10.7. The van der Waals surface area contributed by atoms with Gasteiger partial charge in [0.25, 0.3) is 5.91 Å². The van der Waals surface area contributed by atoms with Gasteiger partial charge in [-0.3, -0.25) is 19.4 Å². The lowest BCUT2D eigenvalue weighted by molar-refractivity contribution is -0.143. The van der Waals surface area contributed by atoms with E-state index in [9.17, 15) is 19.8 Å². The van der Waals surface area contributed by atoms with Gasteiger partial charge >= 0.3 is 5.97 Å². The van der Waals surface area contributed by atoms with Gasteiger partial charge in [-0.05, 0) is 68.3 Å². The van der Waals surface area contributed by atoms with Crippen molar-refractivity contribution in [3.8, 4) is 5.75 Å². The first-order valence-corrected chi connectivity index (χ1v) is 13.7. The Hall–Kier alpha value is -3.66. The SMILES string of the molecule is CCOC(=O)CN(C)C(=O)c1cccc(C(c2cccc(O)c2)N2C[C@@H](C)N(Cc3ccc(CO)o3)C[C@H]2C)c1. The number of amides is 1. The number of carbonyl (C=O) groups is 2. The van der Waals surface area contributed by atoms with Gasteiger partial charge in [0.2, 0.25) is 0 Å². The highest BCUT2D eigenvalue weighted by Crippen LogP contribution is 2.35. The van der Waals surface area contributed by atoms with E-state index in [1.54, 1.807) is 38.2 Å². The molecule has 1 aromatic heterocycles. The van der Waals surface area contributed by atoms with E-state index in [0.29, 0.717) is 17.9 Å². The quantitative estimate of drug-likeness (QED) is 0.368. The number of hydrogen-bond donors (Lipinski definition) is 2. The van der Waals surface area contributed by atoms with Crippen molar-refractivity contribution in [2.75, 3.05) is 33.3 Å². The van der Waals surface area contributed by atoms with Crippen molar-refractivity contribution in [2.24, 2.45) is 0 Å². The Kier molecular flexibility index (Phi) is 9.63. The van der Waals surface area contributed by atoms with Crippen LogP contribution in [-0.4, -0.2) is 82.2 Å². The van der Waals surface area contributed by atoms with E-state index in [4.69, 9.17) is 9.15 Å². The number of piperazine rings is 1. The fourth-order valence-electron chi connectivity index (χ4n) is 5.40. The van der Waals surface area contributed by atoms with Gasteiger partial charge in [-0.2, -0.15) is 0 Å². The zero-order valence-electron chi connectivity index (χ0n) is 23.6. The molecule has 0 saturated carbocycles. The number of aliphatic hydroxyl groups is 1. The number of esters is 1. The second-order valence-corrected chi connectivity index (χ2v) is 10.4. The van der Waals surface area contributed by atoms with Gasteiger partial charge in [0.1, 0.15) is 30.4 Å². The molecular formula is C31H39N3O6. The summed E-state index contributed by atoms with van der Waals surface area (Å²) in [5.41, 5.74) is 2.33. The molecule has 9 heteroatoms. The van der Waals surface area contributed by atoms with Crippen molar-refractivity contribution in [3.05, 3.63) is 88.9 Å². The number of aliphatic hydroxyl groups excluding tert-OH is 1. The number of benzene rings is 2. The van der Waals surface area contributed by atoms with Crippen LogP contribution in [0.2, 0.25) is 0 Å². The highest BCUT2D eigenvalue weighted by atomic mass is 16.5. The number of furan rings is 1. The predicted molar refractivity (Wildman–Crippen MR) is 151 cm³/mol. The van der Waals surface area contributed by atoms with Gasteiger partial charge in [-0.15, -0.1) is 0 Å². The Balaban J connectivity index is 1.61. The van der Waals surface area contributed by atoms with Crippen LogP contribution < -0.4 is 0 Å². The van der Waals surface area contributed by atoms with Crippen molar-refractivity contribution < 1.29 is 29.0 Å². The molecule has 1 saturated heterocycles. The molecule has 3 atom stereocenters. The first-order valence-electron chi connectivity index (χ1n) is 13.7. The van der Waals surface area contributed by atoms with Gasteiger partial charge in [0.05, 0.1) is 19.2 Å².